The van der Waals surface area contributed by atoms with E-state index in [4.69, 9.17) is 4.74 Å². The molecule has 1 atom stereocenters. The quantitative estimate of drug-likeness (QED) is 0.737. The van der Waals surface area contributed by atoms with E-state index in [2.05, 4.69) is 10.3 Å². The van der Waals surface area contributed by atoms with Gasteiger partial charge in [-0.25, -0.2) is 4.98 Å². The molecule has 2 aromatic heterocycles. The summed E-state index contributed by atoms with van der Waals surface area (Å²) in [4.78, 5) is 17.8. The number of nitrogens with one attached hydrogen (secondary N) is 1. The summed E-state index contributed by atoms with van der Waals surface area (Å²) in [6, 6.07) is 11.6. The smallest absolute Gasteiger partial charge is 0.266 e. The van der Waals surface area contributed by atoms with E-state index in [0.717, 1.165) is 16.1 Å². The molecule has 0 fully saturated rings. The fraction of sp³-hybridized carbons (Fsp3) is 0.176. The number of carbonyl (C=O) groups is 1. The van der Waals surface area contributed by atoms with E-state index in [-0.39, 0.29) is 5.91 Å². The molecule has 2 heterocycles. The fourth-order valence-corrected chi connectivity index (χ4v) is 3.50. The van der Waals surface area contributed by atoms with Crippen LogP contribution in [-0.4, -0.2) is 17.0 Å². The van der Waals surface area contributed by atoms with Crippen LogP contribution >= 0.6 is 22.7 Å². The van der Waals surface area contributed by atoms with E-state index < -0.39 is 6.10 Å². The van der Waals surface area contributed by atoms with E-state index in [1.807, 2.05) is 54.1 Å². The molecule has 0 aliphatic carbocycles. The van der Waals surface area contributed by atoms with Crippen LogP contribution in [0.25, 0.3) is 10.6 Å². The molecular formula is C17H16N2O2S2. The van der Waals surface area contributed by atoms with E-state index in [9.17, 15) is 4.79 Å². The van der Waals surface area contributed by atoms with Crippen molar-refractivity contribution in [2.75, 3.05) is 5.32 Å². The molecule has 0 aliphatic rings. The lowest BCUT2D eigenvalue weighted by molar-refractivity contribution is -0.122. The van der Waals surface area contributed by atoms with Gasteiger partial charge in [0.2, 0.25) is 0 Å². The van der Waals surface area contributed by atoms with Crippen LogP contribution in [0.1, 0.15) is 12.5 Å². The Morgan fingerprint density at radius 1 is 1.26 bits per heavy atom. The lowest BCUT2D eigenvalue weighted by atomic mass is 10.2. The van der Waals surface area contributed by atoms with Crippen molar-refractivity contribution in [2.45, 2.75) is 20.0 Å². The molecular weight excluding hydrogens is 328 g/mol. The van der Waals surface area contributed by atoms with Gasteiger partial charge in [-0.15, -0.1) is 22.7 Å². The van der Waals surface area contributed by atoms with Gasteiger partial charge in [0.25, 0.3) is 5.91 Å². The molecule has 6 heteroatoms. The predicted molar refractivity (Wildman–Crippen MR) is 95.3 cm³/mol. The topological polar surface area (TPSA) is 51.2 Å². The van der Waals surface area contributed by atoms with Crippen molar-refractivity contribution < 1.29 is 9.53 Å². The van der Waals surface area contributed by atoms with Crippen molar-refractivity contribution in [3.8, 4) is 16.3 Å². The molecule has 0 bridgehead atoms. The summed E-state index contributed by atoms with van der Waals surface area (Å²) < 4.78 is 5.68. The van der Waals surface area contributed by atoms with E-state index in [1.54, 1.807) is 18.3 Å². The van der Waals surface area contributed by atoms with E-state index in [0.29, 0.717) is 10.9 Å². The molecule has 0 saturated heterocycles. The average Bonchev–Trinajstić information content (AvgIpc) is 3.17. The van der Waals surface area contributed by atoms with Gasteiger partial charge in [-0.2, -0.15) is 0 Å². The Morgan fingerprint density at radius 3 is 2.87 bits per heavy atom. The van der Waals surface area contributed by atoms with Crippen molar-refractivity contribution in [3.05, 3.63) is 52.7 Å². The number of amides is 1. The number of anilines is 1. The van der Waals surface area contributed by atoms with Crippen molar-refractivity contribution in [2.24, 2.45) is 0 Å². The second-order valence-corrected chi connectivity index (χ2v) is 6.89. The molecule has 1 aromatic carbocycles. The van der Waals surface area contributed by atoms with Gasteiger partial charge in [-0.3, -0.25) is 10.1 Å². The molecule has 1 amide bonds. The number of thiazole rings is 1. The highest BCUT2D eigenvalue weighted by Gasteiger charge is 2.17. The number of ether oxygens (including phenoxy) is 1. The van der Waals surface area contributed by atoms with Gasteiger partial charge in [0.1, 0.15) is 5.75 Å². The van der Waals surface area contributed by atoms with Crippen LogP contribution in [0.3, 0.4) is 0 Å². The maximum absolute atomic E-state index is 12.2. The zero-order valence-corrected chi connectivity index (χ0v) is 14.4. The highest BCUT2D eigenvalue weighted by Crippen LogP contribution is 2.28. The number of hydrogen-bond acceptors (Lipinski definition) is 5. The van der Waals surface area contributed by atoms with Crippen molar-refractivity contribution in [1.29, 1.82) is 0 Å². The monoisotopic (exact) mass is 344 g/mol. The molecule has 0 saturated carbocycles. The maximum atomic E-state index is 12.2. The maximum Gasteiger partial charge on any atom is 0.266 e. The average molecular weight is 344 g/mol. The molecule has 0 unspecified atom stereocenters. The second kappa shape index (κ2) is 6.93. The predicted octanol–water partition coefficient (Wildman–Crippen LogP) is 4.59. The van der Waals surface area contributed by atoms with Gasteiger partial charge in [0.15, 0.2) is 11.2 Å². The largest absolute Gasteiger partial charge is 0.481 e. The molecule has 1 N–H and O–H groups in total. The Bertz CT molecular complexity index is 797. The lowest BCUT2D eigenvalue weighted by Crippen LogP contribution is -2.30. The van der Waals surface area contributed by atoms with Crippen molar-refractivity contribution >= 4 is 33.7 Å². The summed E-state index contributed by atoms with van der Waals surface area (Å²) in [7, 11) is 0. The fourth-order valence-electron chi connectivity index (χ4n) is 2.02. The van der Waals surface area contributed by atoms with Gasteiger partial charge in [-0.1, -0.05) is 18.2 Å². The number of hydrogen-bond donors (Lipinski definition) is 1. The minimum atomic E-state index is -0.592. The highest BCUT2D eigenvalue weighted by molar-refractivity contribution is 7.16. The van der Waals surface area contributed by atoms with Crippen LogP contribution in [0.5, 0.6) is 5.75 Å². The van der Waals surface area contributed by atoms with E-state index >= 15 is 0 Å². The summed E-state index contributed by atoms with van der Waals surface area (Å²) >= 11 is 3.03. The van der Waals surface area contributed by atoms with Crippen LogP contribution in [0, 0.1) is 6.92 Å². The third-order valence-corrected chi connectivity index (χ3v) is 4.83. The number of aryl methyl sites for hydroxylation is 1. The van der Waals surface area contributed by atoms with E-state index in [1.165, 1.54) is 11.3 Å². The number of thiophene rings is 1. The minimum Gasteiger partial charge on any atom is -0.481 e. The van der Waals surface area contributed by atoms with Crippen LogP contribution in [-0.2, 0) is 4.79 Å². The Balaban J connectivity index is 1.62. The number of benzene rings is 1. The Hall–Kier alpha value is -2.18. The lowest BCUT2D eigenvalue weighted by Gasteiger charge is -2.14. The first-order valence-electron chi connectivity index (χ1n) is 7.15. The Morgan fingerprint density at radius 2 is 2.13 bits per heavy atom. The first-order valence-corrected chi connectivity index (χ1v) is 8.91. The van der Waals surface area contributed by atoms with Crippen LogP contribution in [0.4, 0.5) is 5.13 Å². The van der Waals surface area contributed by atoms with Gasteiger partial charge in [0, 0.05) is 5.38 Å². The number of nitrogens with zero attached hydrogens (tertiary/aromatic N) is 1. The van der Waals surface area contributed by atoms with Crippen LogP contribution in [0.2, 0.25) is 0 Å². The third-order valence-electron chi connectivity index (χ3n) is 3.18. The minimum absolute atomic E-state index is 0.210. The molecule has 118 valence electrons. The Labute approximate surface area is 142 Å². The molecule has 4 nitrogen and oxygen atoms in total. The summed E-state index contributed by atoms with van der Waals surface area (Å²) in [5, 5.41) is 7.33. The molecule has 0 radical (unpaired) electrons. The number of carbonyl (C=O) groups excluding carboxylic acids is 1. The van der Waals surface area contributed by atoms with Gasteiger partial charge < -0.3 is 4.74 Å². The number of rotatable bonds is 5. The normalized spacial score (nSPS) is 11.9. The molecule has 23 heavy (non-hydrogen) atoms. The van der Waals surface area contributed by atoms with Crippen molar-refractivity contribution in [3.63, 3.8) is 0 Å². The molecule has 0 spiro atoms. The van der Waals surface area contributed by atoms with Gasteiger partial charge in [-0.05, 0) is 43.0 Å². The second-order valence-electron chi connectivity index (χ2n) is 5.08. The summed E-state index contributed by atoms with van der Waals surface area (Å²) in [5.74, 6) is 0.477. The van der Waals surface area contributed by atoms with Crippen molar-refractivity contribution in [1.82, 2.24) is 4.98 Å². The molecule has 3 rings (SSSR count). The molecule has 0 aliphatic heterocycles. The number of aromatic nitrogens is 1. The summed E-state index contributed by atoms with van der Waals surface area (Å²) in [5.41, 5.74) is 1.98. The van der Waals surface area contributed by atoms with Crippen LogP contribution in [0.15, 0.2) is 47.2 Å². The van der Waals surface area contributed by atoms with Crippen LogP contribution < -0.4 is 10.1 Å². The zero-order valence-electron chi connectivity index (χ0n) is 12.8. The Kier molecular flexibility index (Phi) is 4.73. The highest BCUT2D eigenvalue weighted by atomic mass is 32.1. The molecule has 3 aromatic rings. The third kappa shape index (κ3) is 3.97. The van der Waals surface area contributed by atoms with Gasteiger partial charge in [0.05, 0.1) is 10.6 Å². The summed E-state index contributed by atoms with van der Waals surface area (Å²) in [6.45, 7) is 3.71. The standard InChI is InChI=1S/C17H16N2O2S2/c1-11-5-3-6-13(9-11)21-12(2)16(20)19-17-18-14(10-23-17)15-7-4-8-22-15/h3-10,12H,1-2H3,(H,18,19,20)/t12-/m1/s1. The zero-order chi connectivity index (χ0) is 16.2. The SMILES string of the molecule is Cc1cccc(O[C@H](C)C(=O)Nc2nc(-c3cccs3)cs2)c1. The first kappa shape index (κ1) is 15.7. The van der Waals surface area contributed by atoms with Gasteiger partial charge >= 0.3 is 0 Å². The summed E-state index contributed by atoms with van der Waals surface area (Å²) in [6.07, 6.45) is -0.592. The first-order chi connectivity index (χ1) is 11.1.